The van der Waals surface area contributed by atoms with Crippen LogP contribution in [0.1, 0.15) is 76.0 Å². The third-order valence-corrected chi connectivity index (χ3v) is 5.15. The third-order valence-electron chi connectivity index (χ3n) is 5.15. The number of primary amides is 1. The van der Waals surface area contributed by atoms with Gasteiger partial charge in [-0.1, -0.05) is 41.5 Å². The number of amides is 2. The molecule has 3 rings (SSSR count). The van der Waals surface area contributed by atoms with Gasteiger partial charge in [0.1, 0.15) is 13.1 Å². The number of hydrogen-bond acceptors (Lipinski definition) is 5. The molecule has 10 heteroatoms. The minimum atomic E-state index is -0.367. The molecule has 3 aromatic heterocycles. The molecule has 0 fully saturated rings. The number of aromatic nitrogens is 6. The summed E-state index contributed by atoms with van der Waals surface area (Å²) >= 11 is 0. The van der Waals surface area contributed by atoms with Crippen molar-refractivity contribution in [2.24, 2.45) is 12.8 Å². The van der Waals surface area contributed by atoms with E-state index in [2.05, 4.69) is 56.8 Å². The minimum Gasteiger partial charge on any atom is -0.368 e. The topological polar surface area (TPSA) is 117 Å². The third kappa shape index (κ3) is 11.0. The Bertz CT molecular complexity index is 1040. The maximum atomic E-state index is 11.4. The highest BCUT2D eigenvalue weighted by Gasteiger charge is 2.08. The number of likely N-dealkylation sites (N-methyl/N-ethyl adjacent to an activating group) is 1. The van der Waals surface area contributed by atoms with E-state index in [0.29, 0.717) is 24.3 Å². The van der Waals surface area contributed by atoms with Crippen molar-refractivity contribution >= 4 is 11.8 Å². The van der Waals surface area contributed by atoms with Crippen molar-refractivity contribution in [2.75, 3.05) is 14.1 Å². The summed E-state index contributed by atoms with van der Waals surface area (Å²) in [4.78, 5) is 23.4. The molecule has 2 amide bonds. The minimum absolute atomic E-state index is 0.0587. The van der Waals surface area contributed by atoms with Crippen LogP contribution in [-0.4, -0.2) is 60.2 Å². The van der Waals surface area contributed by atoms with E-state index in [1.54, 1.807) is 34.6 Å². The fourth-order valence-electron chi connectivity index (χ4n) is 2.71. The van der Waals surface area contributed by atoms with Crippen molar-refractivity contribution in [2.45, 2.75) is 72.4 Å². The van der Waals surface area contributed by atoms with Crippen LogP contribution in [0.25, 0.3) is 0 Å². The molecule has 3 heterocycles. The average Bonchev–Trinajstić information content (AvgIpc) is 3.49. The molecule has 0 bridgehead atoms. The summed E-state index contributed by atoms with van der Waals surface area (Å²) in [6, 6.07) is 0. The van der Waals surface area contributed by atoms with Crippen LogP contribution in [0.3, 0.4) is 0 Å². The number of nitrogens with two attached hydrogens (primary N) is 1. The fraction of sp³-hybridized carbons (Fsp3) is 0.560. The van der Waals surface area contributed by atoms with Crippen LogP contribution in [-0.2, 0) is 29.7 Å². The standard InChI is InChI=1S/C10H17N3O.C8H13N3O.C7H12N2/c1-8(2)9-5-11-13(6-9)7-10(14)12(3)4;1-6(2)7-3-10-11(4-7)5-8(9)12;1-6(2)7-4-8-9(3)5-7/h5-6,8H,7H2,1-4H3;3-4,6H,5H2,1-2H3,(H2,9,12);4-6H,1-3H3. The molecule has 2 N–H and O–H groups in total. The molecule has 35 heavy (non-hydrogen) atoms. The lowest BCUT2D eigenvalue weighted by molar-refractivity contribution is -0.129. The Morgan fingerprint density at radius 3 is 1.46 bits per heavy atom. The van der Waals surface area contributed by atoms with Gasteiger partial charge in [-0.05, 0) is 34.4 Å². The average molecular weight is 487 g/mol. The molecule has 0 aliphatic carbocycles. The van der Waals surface area contributed by atoms with Gasteiger partial charge in [0.2, 0.25) is 11.8 Å². The molecule has 0 atom stereocenters. The zero-order chi connectivity index (χ0) is 26.7. The van der Waals surface area contributed by atoms with Gasteiger partial charge < -0.3 is 10.6 Å². The van der Waals surface area contributed by atoms with Crippen LogP contribution in [0.4, 0.5) is 0 Å². The predicted octanol–water partition coefficient (Wildman–Crippen LogP) is 3.13. The molecule has 194 valence electrons. The molecular formula is C25H42N8O2. The lowest BCUT2D eigenvalue weighted by Crippen LogP contribution is -2.26. The van der Waals surface area contributed by atoms with Crippen LogP contribution >= 0.6 is 0 Å². The van der Waals surface area contributed by atoms with Crippen molar-refractivity contribution in [1.29, 1.82) is 0 Å². The zero-order valence-corrected chi connectivity index (χ0v) is 22.6. The molecule has 0 aliphatic heterocycles. The zero-order valence-electron chi connectivity index (χ0n) is 22.6. The molecule has 0 saturated heterocycles. The van der Waals surface area contributed by atoms with Crippen LogP contribution in [0, 0.1) is 0 Å². The summed E-state index contributed by atoms with van der Waals surface area (Å²) in [5.41, 5.74) is 8.60. The Morgan fingerprint density at radius 2 is 1.17 bits per heavy atom. The van der Waals surface area contributed by atoms with Crippen LogP contribution in [0.15, 0.2) is 37.2 Å². The number of rotatable bonds is 7. The SMILES string of the molecule is CC(C)c1cnn(C)c1.CC(C)c1cnn(CC(=O)N(C)C)c1.CC(C)c1cnn(CC(N)=O)c1. The van der Waals surface area contributed by atoms with Gasteiger partial charge in [0.25, 0.3) is 0 Å². The van der Waals surface area contributed by atoms with Crippen molar-refractivity contribution in [3.63, 3.8) is 0 Å². The highest BCUT2D eigenvalue weighted by atomic mass is 16.2. The Balaban J connectivity index is 0.000000269. The summed E-state index contributed by atoms with van der Waals surface area (Å²) < 4.78 is 5.06. The van der Waals surface area contributed by atoms with Crippen LogP contribution < -0.4 is 5.73 Å². The number of carbonyl (C=O) groups is 2. The summed E-state index contributed by atoms with van der Waals surface area (Å²) in [6.45, 7) is 13.2. The monoisotopic (exact) mass is 486 g/mol. The Morgan fingerprint density at radius 1 is 0.771 bits per heavy atom. The second-order valence-corrected chi connectivity index (χ2v) is 9.61. The highest BCUT2D eigenvalue weighted by Crippen LogP contribution is 2.13. The molecule has 0 aliphatic rings. The van der Waals surface area contributed by atoms with E-state index in [-0.39, 0.29) is 18.4 Å². The van der Waals surface area contributed by atoms with E-state index in [1.165, 1.54) is 5.56 Å². The maximum Gasteiger partial charge on any atom is 0.243 e. The van der Waals surface area contributed by atoms with Crippen LogP contribution in [0.2, 0.25) is 0 Å². The maximum absolute atomic E-state index is 11.4. The summed E-state index contributed by atoms with van der Waals surface area (Å²) in [7, 11) is 5.43. The summed E-state index contributed by atoms with van der Waals surface area (Å²) in [6.07, 6.45) is 11.3. The predicted molar refractivity (Wildman–Crippen MR) is 138 cm³/mol. The van der Waals surface area contributed by atoms with E-state index in [1.807, 2.05) is 42.7 Å². The summed E-state index contributed by atoms with van der Waals surface area (Å²) in [5, 5.41) is 12.2. The first-order valence-corrected chi connectivity index (χ1v) is 11.8. The molecule has 0 unspecified atom stereocenters. The Kier molecular flexibility index (Phi) is 11.9. The molecule has 0 aromatic carbocycles. The molecular weight excluding hydrogens is 444 g/mol. The van der Waals surface area contributed by atoms with Gasteiger partial charge in [-0.15, -0.1) is 0 Å². The van der Waals surface area contributed by atoms with Gasteiger partial charge in [0.15, 0.2) is 0 Å². The van der Waals surface area contributed by atoms with Crippen molar-refractivity contribution in [1.82, 2.24) is 34.2 Å². The van der Waals surface area contributed by atoms with E-state index in [9.17, 15) is 9.59 Å². The quantitative estimate of drug-likeness (QED) is 0.551. The highest BCUT2D eigenvalue weighted by molar-refractivity contribution is 5.75. The van der Waals surface area contributed by atoms with Gasteiger partial charge in [-0.3, -0.25) is 23.6 Å². The molecule has 0 spiro atoms. The van der Waals surface area contributed by atoms with Crippen molar-refractivity contribution in [3.8, 4) is 0 Å². The molecule has 10 nitrogen and oxygen atoms in total. The Labute approximate surface area is 209 Å². The first kappa shape index (κ1) is 29.6. The van der Waals surface area contributed by atoms with Gasteiger partial charge in [0, 0.05) is 39.7 Å². The van der Waals surface area contributed by atoms with Crippen molar-refractivity contribution in [3.05, 3.63) is 53.9 Å². The van der Waals surface area contributed by atoms with E-state index >= 15 is 0 Å². The number of nitrogens with zero attached hydrogens (tertiary/aromatic N) is 7. The van der Waals surface area contributed by atoms with Crippen LogP contribution in [0.5, 0.6) is 0 Å². The first-order chi connectivity index (χ1) is 16.3. The van der Waals surface area contributed by atoms with E-state index in [0.717, 1.165) is 11.1 Å². The number of carbonyl (C=O) groups excluding carboxylic acids is 2. The first-order valence-electron chi connectivity index (χ1n) is 11.8. The molecule has 0 saturated carbocycles. The van der Waals surface area contributed by atoms with E-state index in [4.69, 9.17) is 5.73 Å². The molecule has 3 aromatic rings. The number of hydrogen-bond donors (Lipinski definition) is 1. The smallest absolute Gasteiger partial charge is 0.243 e. The van der Waals surface area contributed by atoms with Gasteiger partial charge in [-0.25, -0.2) is 0 Å². The second-order valence-electron chi connectivity index (χ2n) is 9.61. The number of aryl methyl sites for hydroxylation is 1. The summed E-state index contributed by atoms with van der Waals surface area (Å²) in [5.74, 6) is 1.18. The van der Waals surface area contributed by atoms with Gasteiger partial charge in [0.05, 0.1) is 18.6 Å². The lowest BCUT2D eigenvalue weighted by atomic mass is 10.1. The van der Waals surface area contributed by atoms with E-state index < -0.39 is 0 Å². The fourth-order valence-corrected chi connectivity index (χ4v) is 2.71. The molecule has 0 radical (unpaired) electrons. The largest absolute Gasteiger partial charge is 0.368 e. The van der Waals surface area contributed by atoms with Crippen molar-refractivity contribution < 1.29 is 9.59 Å². The van der Waals surface area contributed by atoms with Gasteiger partial charge in [-0.2, -0.15) is 15.3 Å². The Hall–Kier alpha value is -3.43. The lowest BCUT2D eigenvalue weighted by Gasteiger charge is -2.09. The van der Waals surface area contributed by atoms with Gasteiger partial charge >= 0.3 is 0 Å². The normalized spacial score (nSPS) is 10.6. The second kappa shape index (κ2) is 14.1.